The highest BCUT2D eigenvalue weighted by Crippen LogP contribution is 2.36. The van der Waals surface area contributed by atoms with Crippen LogP contribution in [-0.2, 0) is 4.79 Å². The average molecular weight is 731 g/mol. The maximum Gasteiger partial charge on any atom is 0.255 e. The number of aliphatic hydroxyl groups excluding tert-OH is 2. The van der Waals surface area contributed by atoms with Gasteiger partial charge in [-0.25, -0.2) is 0 Å². The third-order valence-electron chi connectivity index (χ3n) is 3.48. The molecule has 0 aliphatic heterocycles. The van der Waals surface area contributed by atoms with E-state index in [2.05, 4.69) is 10.6 Å². The molecule has 0 spiro atoms. The molecule has 0 aliphatic rings. The number of hydrogen-bond acceptors (Lipinski definition) is 6. The van der Waals surface area contributed by atoms with Gasteiger partial charge in [-0.15, -0.1) is 0 Å². The first-order chi connectivity index (χ1) is 12.9. The van der Waals surface area contributed by atoms with Crippen molar-refractivity contribution < 1.29 is 29.7 Å². The van der Waals surface area contributed by atoms with Gasteiger partial charge >= 0.3 is 0 Å². The second-order valence-corrected chi connectivity index (χ2v) is 9.19. The summed E-state index contributed by atoms with van der Waals surface area (Å²) in [5, 5.41) is 32.5. The zero-order valence-electron chi connectivity index (χ0n) is 15.2. The summed E-state index contributed by atoms with van der Waals surface area (Å²) < 4.78 is 1.25. The Hall–Kier alpha value is -0.300. The number of carbonyl (C=O) groups is 3. The predicted molar refractivity (Wildman–Crippen MR) is 128 cm³/mol. The summed E-state index contributed by atoms with van der Waals surface area (Å²) in [5.41, 5.74) is 0.685. The number of aliphatic hydroxyl groups is 3. The summed E-state index contributed by atoms with van der Waals surface area (Å²) in [4.78, 5) is 38.8. The van der Waals surface area contributed by atoms with Crippen LogP contribution in [0.25, 0.3) is 0 Å². The maximum atomic E-state index is 12.7. The van der Waals surface area contributed by atoms with Crippen molar-refractivity contribution >= 4 is 91.2 Å². The first-order valence-corrected chi connectivity index (χ1v) is 11.2. The fourth-order valence-electron chi connectivity index (χ4n) is 2.02. The highest BCUT2D eigenvalue weighted by molar-refractivity contribution is 14.1. The number of carbonyl (C=O) groups excluding carboxylic acids is 3. The first kappa shape index (κ1) is 25.7. The summed E-state index contributed by atoms with van der Waals surface area (Å²) in [6, 6.07) is 0. The lowest BCUT2D eigenvalue weighted by molar-refractivity contribution is -0.123. The van der Waals surface area contributed by atoms with Gasteiger partial charge in [-0.05, 0) is 74.7 Å². The summed E-state index contributed by atoms with van der Waals surface area (Å²) in [5.74, 6) is -1.54. The van der Waals surface area contributed by atoms with E-state index < -0.39 is 24.2 Å². The molecule has 0 heterocycles. The molecule has 0 radical (unpaired) electrons. The zero-order chi connectivity index (χ0) is 21.8. The molecule has 0 bridgehead atoms. The van der Waals surface area contributed by atoms with E-state index in [-0.39, 0.29) is 35.7 Å². The van der Waals surface area contributed by atoms with Crippen LogP contribution in [0.1, 0.15) is 34.1 Å². The molecule has 1 unspecified atom stereocenters. The first-order valence-electron chi connectivity index (χ1n) is 7.95. The van der Waals surface area contributed by atoms with Crippen LogP contribution in [0, 0.1) is 10.7 Å². The number of nitrogens with one attached hydrogen (secondary N) is 2. The molecule has 1 aromatic carbocycles. The lowest BCUT2D eigenvalue weighted by Crippen LogP contribution is -2.32. The summed E-state index contributed by atoms with van der Waals surface area (Å²) >= 11 is 5.73. The molecular weight excluding hydrogens is 711 g/mol. The quantitative estimate of drug-likeness (QED) is 0.209. The Morgan fingerprint density at radius 3 is 2.00 bits per heavy atom. The van der Waals surface area contributed by atoms with Crippen molar-refractivity contribution in [3.8, 4) is 0 Å². The van der Waals surface area contributed by atoms with Crippen LogP contribution in [0.5, 0.6) is 0 Å². The number of rotatable bonds is 7. The van der Waals surface area contributed by atoms with Crippen LogP contribution in [-0.4, -0.2) is 71.0 Å². The highest BCUT2D eigenvalue weighted by atomic mass is 127. The number of nitrogens with zero attached hydrogens (tertiary/aromatic N) is 1. The molecule has 3 amide bonds. The molecule has 0 saturated heterocycles. The Kier molecular flexibility index (Phi) is 10.3. The molecule has 1 aromatic rings. The zero-order valence-corrected chi connectivity index (χ0v) is 21.7. The van der Waals surface area contributed by atoms with Crippen LogP contribution in [0.2, 0.25) is 0 Å². The number of amides is 3. The topological polar surface area (TPSA) is 139 Å². The molecule has 12 heteroatoms. The van der Waals surface area contributed by atoms with Gasteiger partial charge in [-0.2, -0.15) is 0 Å². The molecule has 1 rings (SSSR count). The van der Waals surface area contributed by atoms with Gasteiger partial charge in [0.05, 0.1) is 24.0 Å². The van der Waals surface area contributed by atoms with Crippen molar-refractivity contribution in [3.63, 3.8) is 0 Å². The third kappa shape index (κ3) is 6.35. The van der Waals surface area contributed by atoms with Crippen LogP contribution in [0.3, 0.4) is 0 Å². The monoisotopic (exact) mass is 731 g/mol. The minimum atomic E-state index is -1.55. The fourth-order valence-corrected chi connectivity index (χ4v) is 6.40. The standard InChI is InChI=1S/C16H20I3N3O6/c1-6(23)14(26)21-13-11(18)8(15(27)20-5-4-7(24)25)10(17)9(12(13)19)16(28)22(2)3/h6-7,23-25H,4-5H2,1-3H3,(H,20,27)(H,21,26). The van der Waals surface area contributed by atoms with Gasteiger partial charge in [0.2, 0.25) is 0 Å². The van der Waals surface area contributed by atoms with Gasteiger partial charge in [-0.1, -0.05) is 0 Å². The van der Waals surface area contributed by atoms with Gasteiger partial charge in [0.15, 0.2) is 6.29 Å². The molecule has 28 heavy (non-hydrogen) atoms. The minimum absolute atomic E-state index is 0.0149. The maximum absolute atomic E-state index is 12.7. The van der Waals surface area contributed by atoms with E-state index in [1.807, 2.05) is 67.8 Å². The van der Waals surface area contributed by atoms with E-state index in [1.54, 1.807) is 14.1 Å². The fraction of sp³-hybridized carbons (Fsp3) is 0.438. The number of halogens is 3. The van der Waals surface area contributed by atoms with Crippen molar-refractivity contribution in [3.05, 3.63) is 21.8 Å². The summed E-state index contributed by atoms with van der Waals surface area (Å²) in [6.07, 6.45) is -2.89. The Bertz CT molecular complexity index is 784. The number of hydrogen-bond donors (Lipinski definition) is 5. The van der Waals surface area contributed by atoms with Gasteiger partial charge in [0.1, 0.15) is 6.10 Å². The normalized spacial score (nSPS) is 11.9. The van der Waals surface area contributed by atoms with Crippen molar-refractivity contribution in [2.24, 2.45) is 0 Å². The van der Waals surface area contributed by atoms with E-state index in [1.165, 1.54) is 11.8 Å². The van der Waals surface area contributed by atoms with Crippen molar-refractivity contribution in [1.29, 1.82) is 0 Å². The molecule has 156 valence electrons. The van der Waals surface area contributed by atoms with Crippen LogP contribution < -0.4 is 10.6 Å². The van der Waals surface area contributed by atoms with Crippen LogP contribution in [0.15, 0.2) is 0 Å². The van der Waals surface area contributed by atoms with Crippen LogP contribution >= 0.6 is 67.8 Å². The van der Waals surface area contributed by atoms with Crippen molar-refractivity contribution in [2.75, 3.05) is 26.0 Å². The number of anilines is 1. The van der Waals surface area contributed by atoms with E-state index in [0.717, 1.165) is 0 Å². The second kappa shape index (κ2) is 11.2. The largest absolute Gasteiger partial charge is 0.384 e. The second-order valence-electron chi connectivity index (χ2n) is 5.96. The lowest BCUT2D eigenvalue weighted by Gasteiger charge is -2.21. The van der Waals surface area contributed by atoms with Crippen molar-refractivity contribution in [1.82, 2.24) is 10.2 Å². The van der Waals surface area contributed by atoms with E-state index >= 15 is 0 Å². The SMILES string of the molecule is CC(O)C(=O)Nc1c(I)c(C(=O)NCCC(O)O)c(I)c(C(=O)N(C)C)c1I. The molecule has 5 N–H and O–H groups in total. The summed E-state index contributed by atoms with van der Waals surface area (Å²) in [6.45, 7) is 1.32. The molecule has 0 saturated carbocycles. The van der Waals surface area contributed by atoms with Gasteiger partial charge in [0, 0.05) is 30.6 Å². The third-order valence-corrected chi connectivity index (χ3v) is 6.72. The molecule has 9 nitrogen and oxygen atoms in total. The summed E-state index contributed by atoms with van der Waals surface area (Å²) in [7, 11) is 3.14. The Morgan fingerprint density at radius 2 is 1.54 bits per heavy atom. The van der Waals surface area contributed by atoms with E-state index in [9.17, 15) is 19.5 Å². The smallest absolute Gasteiger partial charge is 0.255 e. The van der Waals surface area contributed by atoms with Crippen LogP contribution in [0.4, 0.5) is 5.69 Å². The average Bonchev–Trinajstić information content (AvgIpc) is 2.57. The van der Waals surface area contributed by atoms with E-state index in [0.29, 0.717) is 10.7 Å². The molecule has 0 aliphatic carbocycles. The molecular formula is C16H20I3N3O6. The Labute approximate surface area is 203 Å². The molecule has 1 atom stereocenters. The Morgan fingerprint density at radius 1 is 1.00 bits per heavy atom. The minimum Gasteiger partial charge on any atom is -0.384 e. The molecule has 0 fully saturated rings. The lowest BCUT2D eigenvalue weighted by atomic mass is 10.1. The van der Waals surface area contributed by atoms with Gasteiger partial charge in [-0.3, -0.25) is 14.4 Å². The molecule has 0 aromatic heterocycles. The number of benzene rings is 1. The van der Waals surface area contributed by atoms with Gasteiger partial charge in [0.25, 0.3) is 17.7 Å². The highest BCUT2D eigenvalue weighted by Gasteiger charge is 2.29. The van der Waals surface area contributed by atoms with E-state index in [4.69, 9.17) is 10.2 Å². The Balaban J connectivity index is 3.56. The predicted octanol–water partition coefficient (Wildman–Crippen LogP) is 0.952. The van der Waals surface area contributed by atoms with Gasteiger partial charge < -0.3 is 30.9 Å². The van der Waals surface area contributed by atoms with Crippen molar-refractivity contribution in [2.45, 2.75) is 25.7 Å².